The van der Waals surface area contributed by atoms with Crippen molar-refractivity contribution in [2.45, 2.75) is 39.2 Å². The van der Waals surface area contributed by atoms with Gasteiger partial charge in [0.2, 0.25) is 0 Å². The minimum absolute atomic E-state index is 0.720. The fourth-order valence-corrected chi connectivity index (χ4v) is 2.34. The molecule has 1 heterocycles. The molecule has 1 aliphatic rings. The van der Waals surface area contributed by atoms with Gasteiger partial charge in [-0.15, -0.1) is 0 Å². The van der Waals surface area contributed by atoms with Crippen LogP contribution in [-0.4, -0.2) is 55.1 Å². The third kappa shape index (κ3) is 4.49. The molecule has 1 aliphatic heterocycles. The van der Waals surface area contributed by atoms with Crippen molar-refractivity contribution >= 4 is 0 Å². The lowest BCUT2D eigenvalue weighted by atomic mass is 10.1. The average Bonchev–Trinajstić information content (AvgIpc) is 2.27. The number of nitrogens with two attached hydrogens (primary N) is 1. The zero-order valence-corrected chi connectivity index (χ0v) is 10.4. The molecule has 3 heteroatoms. The molecule has 0 saturated carbocycles. The quantitative estimate of drug-likeness (QED) is 0.718. The Bertz CT molecular complexity index is 153. The molecule has 1 saturated heterocycles. The molecule has 1 rings (SSSR count). The van der Waals surface area contributed by atoms with E-state index in [0.717, 1.165) is 19.0 Å². The summed E-state index contributed by atoms with van der Waals surface area (Å²) in [4.78, 5) is 5.19. The summed E-state index contributed by atoms with van der Waals surface area (Å²) in [6.07, 6.45) is 3.70. The molecule has 15 heavy (non-hydrogen) atoms. The van der Waals surface area contributed by atoms with Gasteiger partial charge in [0.15, 0.2) is 0 Å². The summed E-state index contributed by atoms with van der Waals surface area (Å²) in [5.74, 6) is 0. The van der Waals surface area contributed by atoms with Gasteiger partial charge in [0.05, 0.1) is 0 Å². The number of piperazine rings is 1. The molecule has 0 bridgehead atoms. The van der Waals surface area contributed by atoms with Crippen LogP contribution in [0.4, 0.5) is 0 Å². The van der Waals surface area contributed by atoms with Gasteiger partial charge >= 0.3 is 0 Å². The van der Waals surface area contributed by atoms with E-state index in [1.54, 1.807) is 0 Å². The molecule has 0 aromatic heterocycles. The summed E-state index contributed by atoms with van der Waals surface area (Å²) in [5.41, 5.74) is 5.54. The van der Waals surface area contributed by atoms with Crippen LogP contribution < -0.4 is 5.73 Å². The van der Waals surface area contributed by atoms with Crippen LogP contribution in [0.2, 0.25) is 0 Å². The minimum Gasteiger partial charge on any atom is -0.330 e. The number of hydrogen-bond donors (Lipinski definition) is 1. The molecular formula is C12H27N3. The van der Waals surface area contributed by atoms with Crippen LogP contribution in [0.3, 0.4) is 0 Å². The lowest BCUT2D eigenvalue weighted by Gasteiger charge is -2.38. The monoisotopic (exact) mass is 213 g/mol. The molecule has 2 N–H and O–H groups in total. The highest BCUT2D eigenvalue weighted by molar-refractivity contribution is 4.76. The fraction of sp³-hybridized carbons (Fsp3) is 1.00. The lowest BCUT2D eigenvalue weighted by Crippen LogP contribution is -2.49. The van der Waals surface area contributed by atoms with E-state index in [-0.39, 0.29) is 0 Å². The molecular weight excluding hydrogens is 186 g/mol. The van der Waals surface area contributed by atoms with Crippen molar-refractivity contribution < 1.29 is 0 Å². The molecule has 0 spiro atoms. The minimum atomic E-state index is 0.720. The van der Waals surface area contributed by atoms with E-state index in [2.05, 4.69) is 23.6 Å². The molecule has 1 unspecified atom stereocenters. The Balaban J connectivity index is 2.18. The van der Waals surface area contributed by atoms with Crippen molar-refractivity contribution in [1.29, 1.82) is 0 Å². The van der Waals surface area contributed by atoms with Crippen LogP contribution in [0.25, 0.3) is 0 Å². The summed E-state index contributed by atoms with van der Waals surface area (Å²) in [6, 6.07) is 0.720. The summed E-state index contributed by atoms with van der Waals surface area (Å²) in [6.45, 7) is 11.7. The maximum Gasteiger partial charge on any atom is 0.0113 e. The first-order chi connectivity index (χ1) is 7.27. The van der Waals surface area contributed by atoms with E-state index < -0.39 is 0 Å². The van der Waals surface area contributed by atoms with Gasteiger partial charge in [-0.3, -0.25) is 4.90 Å². The molecule has 1 atom stereocenters. The first-order valence-electron chi connectivity index (χ1n) is 6.44. The van der Waals surface area contributed by atoms with Gasteiger partial charge in [-0.25, -0.2) is 0 Å². The maximum atomic E-state index is 5.54. The van der Waals surface area contributed by atoms with Crippen molar-refractivity contribution in [3.8, 4) is 0 Å². The number of nitrogens with zero attached hydrogens (tertiary/aromatic N) is 2. The molecule has 0 amide bonds. The Morgan fingerprint density at radius 3 is 2.40 bits per heavy atom. The Labute approximate surface area is 94.6 Å². The summed E-state index contributed by atoms with van der Waals surface area (Å²) >= 11 is 0. The standard InChI is InChI=1S/C12H27N3/c1-3-7-14-8-10-15(11-9-14)12(2)5-4-6-13/h12H,3-11,13H2,1-2H3. The van der Waals surface area contributed by atoms with E-state index in [4.69, 9.17) is 5.73 Å². The highest BCUT2D eigenvalue weighted by Crippen LogP contribution is 2.10. The van der Waals surface area contributed by atoms with Crippen molar-refractivity contribution in [1.82, 2.24) is 9.80 Å². The fourth-order valence-electron chi connectivity index (χ4n) is 2.34. The molecule has 0 aromatic carbocycles. The Morgan fingerprint density at radius 1 is 1.20 bits per heavy atom. The van der Waals surface area contributed by atoms with E-state index in [1.807, 2.05) is 0 Å². The average molecular weight is 213 g/mol. The summed E-state index contributed by atoms with van der Waals surface area (Å²) in [7, 11) is 0. The van der Waals surface area contributed by atoms with Crippen LogP contribution in [0, 0.1) is 0 Å². The molecule has 1 fully saturated rings. The van der Waals surface area contributed by atoms with Crippen molar-refractivity contribution in [3.63, 3.8) is 0 Å². The van der Waals surface area contributed by atoms with Crippen LogP contribution >= 0.6 is 0 Å². The van der Waals surface area contributed by atoms with Crippen molar-refractivity contribution in [2.75, 3.05) is 39.3 Å². The normalized spacial score (nSPS) is 21.8. The third-order valence-corrected chi connectivity index (χ3v) is 3.40. The lowest BCUT2D eigenvalue weighted by molar-refractivity contribution is 0.0983. The molecule has 90 valence electrons. The van der Waals surface area contributed by atoms with Crippen LogP contribution in [0.5, 0.6) is 0 Å². The zero-order valence-electron chi connectivity index (χ0n) is 10.4. The first kappa shape index (κ1) is 12.9. The third-order valence-electron chi connectivity index (χ3n) is 3.40. The van der Waals surface area contributed by atoms with Crippen molar-refractivity contribution in [2.24, 2.45) is 5.73 Å². The highest BCUT2D eigenvalue weighted by Gasteiger charge is 2.19. The van der Waals surface area contributed by atoms with Crippen LogP contribution in [0.1, 0.15) is 33.1 Å². The second-order valence-corrected chi connectivity index (χ2v) is 4.66. The van der Waals surface area contributed by atoms with Gasteiger partial charge < -0.3 is 10.6 Å². The van der Waals surface area contributed by atoms with E-state index in [0.29, 0.717) is 0 Å². The second-order valence-electron chi connectivity index (χ2n) is 4.66. The number of rotatable bonds is 6. The number of hydrogen-bond acceptors (Lipinski definition) is 3. The second kappa shape index (κ2) is 7.20. The van der Waals surface area contributed by atoms with E-state index in [1.165, 1.54) is 45.6 Å². The topological polar surface area (TPSA) is 32.5 Å². The van der Waals surface area contributed by atoms with Crippen molar-refractivity contribution in [3.05, 3.63) is 0 Å². The Kier molecular flexibility index (Phi) is 6.22. The highest BCUT2D eigenvalue weighted by atomic mass is 15.3. The summed E-state index contributed by atoms with van der Waals surface area (Å²) in [5, 5.41) is 0. The van der Waals surface area contributed by atoms with Gasteiger partial charge in [-0.05, 0) is 39.3 Å². The molecule has 0 aliphatic carbocycles. The zero-order chi connectivity index (χ0) is 11.1. The predicted octanol–water partition coefficient (Wildman–Crippen LogP) is 1.14. The Morgan fingerprint density at radius 2 is 1.87 bits per heavy atom. The van der Waals surface area contributed by atoms with Gasteiger partial charge in [0, 0.05) is 32.2 Å². The van der Waals surface area contributed by atoms with Crippen LogP contribution in [-0.2, 0) is 0 Å². The van der Waals surface area contributed by atoms with E-state index in [9.17, 15) is 0 Å². The van der Waals surface area contributed by atoms with Gasteiger partial charge in [-0.2, -0.15) is 0 Å². The maximum absolute atomic E-state index is 5.54. The van der Waals surface area contributed by atoms with E-state index >= 15 is 0 Å². The van der Waals surface area contributed by atoms with Gasteiger partial charge in [0.25, 0.3) is 0 Å². The van der Waals surface area contributed by atoms with Crippen LogP contribution in [0.15, 0.2) is 0 Å². The van der Waals surface area contributed by atoms with Gasteiger partial charge in [-0.1, -0.05) is 6.92 Å². The predicted molar refractivity (Wildman–Crippen MR) is 66.1 cm³/mol. The molecule has 3 nitrogen and oxygen atoms in total. The summed E-state index contributed by atoms with van der Waals surface area (Å²) < 4.78 is 0. The molecule has 0 radical (unpaired) electrons. The first-order valence-corrected chi connectivity index (χ1v) is 6.44. The van der Waals surface area contributed by atoms with Gasteiger partial charge in [0.1, 0.15) is 0 Å². The largest absolute Gasteiger partial charge is 0.330 e. The molecule has 0 aromatic rings. The smallest absolute Gasteiger partial charge is 0.0113 e. The SMILES string of the molecule is CCCN1CCN(C(C)CCCN)CC1. The Hall–Kier alpha value is -0.120.